The number of halogens is 4. The molecule has 1 saturated carbocycles. The highest BCUT2D eigenvalue weighted by Crippen LogP contribution is 2.34. The third-order valence-electron chi connectivity index (χ3n) is 2.46. The Morgan fingerprint density at radius 2 is 1.88 bits per heavy atom. The fourth-order valence-electron chi connectivity index (χ4n) is 1.52. The first-order valence-electron chi connectivity index (χ1n) is 4.91. The van der Waals surface area contributed by atoms with Crippen LogP contribution in [0.4, 0.5) is 17.6 Å². The predicted molar refractivity (Wildman–Crippen MR) is 50.1 cm³/mol. The molecule has 0 bridgehead atoms. The summed E-state index contributed by atoms with van der Waals surface area (Å²) < 4.78 is 55.2. The molecule has 1 aromatic carbocycles. The number of ether oxygens (including phenoxy) is 1. The Kier molecular flexibility index (Phi) is 2.81. The Labute approximate surface area is 94.2 Å². The summed E-state index contributed by atoms with van der Waals surface area (Å²) in [6, 6.07) is 2.43. The van der Waals surface area contributed by atoms with Crippen LogP contribution in [0.2, 0.25) is 0 Å². The standard InChI is InChI=1S/C11H8F4O2/c12-10-2-1-7(5-9(10)11(13,14)15)17-8-3-6(16)4-8/h1-2,5,8H,3-4H2. The first kappa shape index (κ1) is 11.9. The molecule has 92 valence electrons. The molecule has 2 nitrogen and oxygen atoms in total. The van der Waals surface area contributed by atoms with Gasteiger partial charge < -0.3 is 4.74 Å². The number of carbonyl (C=O) groups excluding carboxylic acids is 1. The van der Waals surface area contributed by atoms with Crippen LogP contribution < -0.4 is 4.74 Å². The van der Waals surface area contributed by atoms with E-state index in [1.807, 2.05) is 0 Å². The summed E-state index contributed by atoms with van der Waals surface area (Å²) in [7, 11) is 0. The summed E-state index contributed by atoms with van der Waals surface area (Å²) >= 11 is 0. The number of carbonyl (C=O) groups is 1. The number of alkyl halides is 3. The van der Waals surface area contributed by atoms with Gasteiger partial charge in [0.25, 0.3) is 0 Å². The van der Waals surface area contributed by atoms with E-state index in [1.165, 1.54) is 0 Å². The van der Waals surface area contributed by atoms with E-state index in [-0.39, 0.29) is 24.4 Å². The number of hydrogen-bond donors (Lipinski definition) is 0. The van der Waals surface area contributed by atoms with Crippen LogP contribution >= 0.6 is 0 Å². The fourth-order valence-corrected chi connectivity index (χ4v) is 1.52. The lowest BCUT2D eigenvalue weighted by Crippen LogP contribution is -2.33. The van der Waals surface area contributed by atoms with E-state index in [9.17, 15) is 22.4 Å². The van der Waals surface area contributed by atoms with Crippen molar-refractivity contribution in [1.29, 1.82) is 0 Å². The zero-order valence-corrected chi connectivity index (χ0v) is 8.55. The second-order valence-electron chi connectivity index (χ2n) is 3.83. The van der Waals surface area contributed by atoms with Crippen LogP contribution in [0.1, 0.15) is 18.4 Å². The molecule has 0 aliphatic heterocycles. The summed E-state index contributed by atoms with van der Waals surface area (Å²) in [5.41, 5.74) is -1.36. The molecule has 1 aliphatic carbocycles. The van der Waals surface area contributed by atoms with Gasteiger partial charge in [-0.3, -0.25) is 4.79 Å². The smallest absolute Gasteiger partial charge is 0.419 e. The summed E-state index contributed by atoms with van der Waals surface area (Å²) in [5.74, 6) is -1.40. The van der Waals surface area contributed by atoms with E-state index >= 15 is 0 Å². The molecule has 17 heavy (non-hydrogen) atoms. The van der Waals surface area contributed by atoms with Crippen molar-refractivity contribution in [2.24, 2.45) is 0 Å². The molecule has 0 heterocycles. The zero-order chi connectivity index (χ0) is 12.6. The van der Waals surface area contributed by atoms with Crippen LogP contribution in [0.25, 0.3) is 0 Å². The molecule has 6 heteroatoms. The average molecular weight is 248 g/mol. The van der Waals surface area contributed by atoms with E-state index in [0.29, 0.717) is 12.1 Å². The highest BCUT2D eigenvalue weighted by atomic mass is 19.4. The van der Waals surface area contributed by atoms with E-state index in [0.717, 1.165) is 6.07 Å². The Hall–Kier alpha value is -1.59. The fraction of sp³-hybridized carbons (Fsp3) is 0.364. The van der Waals surface area contributed by atoms with Gasteiger partial charge in [0.05, 0.1) is 5.56 Å². The van der Waals surface area contributed by atoms with Gasteiger partial charge >= 0.3 is 6.18 Å². The minimum atomic E-state index is -4.75. The third kappa shape index (κ3) is 2.57. The monoisotopic (exact) mass is 248 g/mol. The van der Waals surface area contributed by atoms with Gasteiger partial charge in [-0.15, -0.1) is 0 Å². The quantitative estimate of drug-likeness (QED) is 0.752. The minimum Gasteiger partial charge on any atom is -0.489 e. The van der Waals surface area contributed by atoms with Gasteiger partial charge in [0.1, 0.15) is 23.5 Å². The topological polar surface area (TPSA) is 26.3 Å². The SMILES string of the molecule is O=C1CC(Oc2ccc(F)c(C(F)(F)F)c2)C1. The van der Waals surface area contributed by atoms with Gasteiger partial charge in [0, 0.05) is 12.8 Å². The van der Waals surface area contributed by atoms with Crippen molar-refractivity contribution in [3.63, 3.8) is 0 Å². The van der Waals surface area contributed by atoms with Crippen LogP contribution in [0.3, 0.4) is 0 Å². The number of benzene rings is 1. The van der Waals surface area contributed by atoms with Crippen LogP contribution in [-0.2, 0) is 11.0 Å². The maximum absolute atomic E-state index is 12.9. The van der Waals surface area contributed by atoms with Gasteiger partial charge in [-0.05, 0) is 18.2 Å². The number of ketones is 1. The molecule has 0 spiro atoms. The normalized spacial score (nSPS) is 16.8. The van der Waals surface area contributed by atoms with Crippen molar-refractivity contribution in [3.8, 4) is 5.75 Å². The first-order chi connectivity index (χ1) is 7.86. The van der Waals surface area contributed by atoms with Crippen molar-refractivity contribution >= 4 is 5.78 Å². The molecule has 1 aliphatic rings. The number of hydrogen-bond acceptors (Lipinski definition) is 2. The molecule has 0 aromatic heterocycles. The molecule has 0 saturated heterocycles. The number of Topliss-reactive ketones (excluding diaryl/α,β-unsaturated/α-hetero) is 1. The van der Waals surface area contributed by atoms with E-state index < -0.39 is 23.7 Å². The van der Waals surface area contributed by atoms with E-state index in [2.05, 4.69) is 0 Å². The molecule has 0 unspecified atom stereocenters. The molecular weight excluding hydrogens is 240 g/mol. The first-order valence-corrected chi connectivity index (χ1v) is 4.91. The number of rotatable bonds is 2. The maximum Gasteiger partial charge on any atom is 0.419 e. The zero-order valence-electron chi connectivity index (χ0n) is 8.55. The van der Waals surface area contributed by atoms with Crippen molar-refractivity contribution in [3.05, 3.63) is 29.6 Å². The second kappa shape index (κ2) is 4.01. The van der Waals surface area contributed by atoms with E-state index in [1.54, 1.807) is 0 Å². The Balaban J connectivity index is 2.16. The van der Waals surface area contributed by atoms with Gasteiger partial charge in [0.15, 0.2) is 0 Å². The molecule has 0 N–H and O–H groups in total. The lowest BCUT2D eigenvalue weighted by Gasteiger charge is -2.25. The Morgan fingerprint density at radius 3 is 2.41 bits per heavy atom. The average Bonchev–Trinajstić information content (AvgIpc) is 2.16. The van der Waals surface area contributed by atoms with Gasteiger partial charge in [-0.2, -0.15) is 13.2 Å². The summed E-state index contributed by atoms with van der Waals surface area (Å²) in [6.45, 7) is 0. The molecule has 2 rings (SSSR count). The van der Waals surface area contributed by atoms with Crippen LogP contribution in [-0.4, -0.2) is 11.9 Å². The molecule has 0 radical (unpaired) electrons. The summed E-state index contributed by atoms with van der Waals surface area (Å²) in [6.07, 6.45) is -4.76. The summed E-state index contributed by atoms with van der Waals surface area (Å²) in [4.78, 5) is 10.7. The van der Waals surface area contributed by atoms with Gasteiger partial charge in [0.2, 0.25) is 0 Å². The summed E-state index contributed by atoms with van der Waals surface area (Å²) in [5, 5.41) is 0. The van der Waals surface area contributed by atoms with Crippen LogP contribution in [0.15, 0.2) is 18.2 Å². The third-order valence-corrected chi connectivity index (χ3v) is 2.46. The highest BCUT2D eigenvalue weighted by Gasteiger charge is 2.35. The van der Waals surface area contributed by atoms with Crippen molar-refractivity contribution in [2.45, 2.75) is 25.1 Å². The Morgan fingerprint density at radius 1 is 1.24 bits per heavy atom. The van der Waals surface area contributed by atoms with Gasteiger partial charge in [-0.1, -0.05) is 0 Å². The molecule has 1 aromatic rings. The second-order valence-corrected chi connectivity index (χ2v) is 3.83. The molecular formula is C11H8F4O2. The van der Waals surface area contributed by atoms with E-state index in [4.69, 9.17) is 4.74 Å². The highest BCUT2D eigenvalue weighted by molar-refractivity contribution is 5.85. The molecule has 0 amide bonds. The maximum atomic E-state index is 12.9. The molecule has 1 fully saturated rings. The largest absolute Gasteiger partial charge is 0.489 e. The minimum absolute atomic E-state index is 0.00755. The van der Waals surface area contributed by atoms with Crippen LogP contribution in [0, 0.1) is 5.82 Å². The lowest BCUT2D eigenvalue weighted by molar-refractivity contribution is -0.140. The van der Waals surface area contributed by atoms with Crippen molar-refractivity contribution in [1.82, 2.24) is 0 Å². The predicted octanol–water partition coefficient (Wildman–Crippen LogP) is 2.95. The van der Waals surface area contributed by atoms with Crippen LogP contribution in [0.5, 0.6) is 5.75 Å². The van der Waals surface area contributed by atoms with Crippen molar-refractivity contribution in [2.75, 3.05) is 0 Å². The van der Waals surface area contributed by atoms with Gasteiger partial charge in [-0.25, -0.2) is 4.39 Å². The Bertz CT molecular complexity index is 445. The lowest BCUT2D eigenvalue weighted by atomic mass is 9.94. The molecule has 0 atom stereocenters. The van der Waals surface area contributed by atoms with Crippen molar-refractivity contribution < 1.29 is 27.1 Å².